The van der Waals surface area contributed by atoms with Crippen LogP contribution in [-0.4, -0.2) is 21.3 Å². The molecule has 0 bridgehead atoms. The molecule has 168 valence electrons. The first-order valence-electron chi connectivity index (χ1n) is 12.3. The molecule has 0 aromatic rings. The van der Waals surface area contributed by atoms with Crippen LogP contribution in [-0.2, 0) is 8.85 Å². The van der Waals surface area contributed by atoms with Crippen molar-refractivity contribution in [2.24, 2.45) is 11.8 Å². The molecule has 0 aliphatic heterocycles. The van der Waals surface area contributed by atoms with Crippen LogP contribution in [0, 0.1) is 11.8 Å². The molecule has 0 saturated carbocycles. The molecule has 0 spiro atoms. The maximum absolute atomic E-state index is 6.42. The van der Waals surface area contributed by atoms with Crippen LogP contribution in [0.15, 0.2) is 12.3 Å². The van der Waals surface area contributed by atoms with Gasteiger partial charge in [-0.2, -0.15) is 0 Å². The van der Waals surface area contributed by atoms with E-state index in [1.54, 1.807) is 0 Å². The highest BCUT2D eigenvalue weighted by molar-refractivity contribution is 6.71. The van der Waals surface area contributed by atoms with Crippen LogP contribution in [0.2, 0.25) is 6.55 Å². The van der Waals surface area contributed by atoms with Gasteiger partial charge in [0.1, 0.15) is 0 Å². The highest BCUT2D eigenvalue weighted by atomic mass is 28.4. The third-order valence-electron chi connectivity index (χ3n) is 5.69. The maximum Gasteiger partial charge on any atom is 0.361 e. The van der Waals surface area contributed by atoms with Crippen molar-refractivity contribution in [2.45, 2.75) is 131 Å². The van der Waals surface area contributed by atoms with Gasteiger partial charge < -0.3 is 8.85 Å². The molecule has 28 heavy (non-hydrogen) atoms. The molecule has 0 amide bonds. The van der Waals surface area contributed by atoms with Gasteiger partial charge in [-0.15, -0.1) is 6.58 Å². The summed E-state index contributed by atoms with van der Waals surface area (Å²) in [6.07, 6.45) is 18.2. The summed E-state index contributed by atoms with van der Waals surface area (Å²) in [5, 5.41) is 0. The van der Waals surface area contributed by atoms with Crippen LogP contribution in [0.25, 0.3) is 0 Å². The zero-order chi connectivity index (χ0) is 21.3. The van der Waals surface area contributed by atoms with Crippen LogP contribution in [0.5, 0.6) is 0 Å². The minimum Gasteiger partial charge on any atom is -0.391 e. The Morgan fingerprint density at radius 3 is 1.46 bits per heavy atom. The van der Waals surface area contributed by atoms with Gasteiger partial charge in [-0.05, 0) is 30.5 Å². The van der Waals surface area contributed by atoms with E-state index in [9.17, 15) is 0 Å². The van der Waals surface area contributed by atoms with Crippen LogP contribution in [0.4, 0.5) is 0 Å². The summed E-state index contributed by atoms with van der Waals surface area (Å²) in [5.74, 6) is 1.01. The Hall–Kier alpha value is -0.123. The smallest absolute Gasteiger partial charge is 0.361 e. The largest absolute Gasteiger partial charge is 0.391 e. The van der Waals surface area contributed by atoms with Crippen molar-refractivity contribution >= 4 is 8.56 Å². The normalized spacial score (nSPS) is 14.2. The van der Waals surface area contributed by atoms with E-state index in [2.05, 4.69) is 47.7 Å². The Labute approximate surface area is 179 Å². The topological polar surface area (TPSA) is 18.5 Å². The Morgan fingerprint density at radius 1 is 0.714 bits per heavy atom. The summed E-state index contributed by atoms with van der Waals surface area (Å²) in [7, 11) is -2.25. The molecule has 0 aliphatic carbocycles. The van der Waals surface area contributed by atoms with Gasteiger partial charge in [-0.25, -0.2) is 0 Å². The molecule has 0 rings (SSSR count). The molecular formula is C25H52O2Si. The van der Waals surface area contributed by atoms with E-state index in [-0.39, 0.29) is 6.10 Å². The first kappa shape index (κ1) is 27.9. The van der Waals surface area contributed by atoms with E-state index in [1.807, 2.05) is 5.70 Å². The van der Waals surface area contributed by atoms with Crippen molar-refractivity contribution in [3.63, 3.8) is 0 Å². The monoisotopic (exact) mass is 412 g/mol. The van der Waals surface area contributed by atoms with Gasteiger partial charge in [-0.3, -0.25) is 0 Å². The second-order valence-electron chi connectivity index (χ2n) is 9.38. The molecule has 0 aromatic heterocycles. The van der Waals surface area contributed by atoms with E-state index in [0.29, 0.717) is 11.8 Å². The summed E-state index contributed by atoms with van der Waals surface area (Å²) in [6, 6.07) is 0. The molecule has 1 unspecified atom stereocenters. The standard InChI is InChI=1S/C25H52O2Si/c1-8-10-11-12-13-14-15-16-17-18-19-20-21-22-26-28(7,9-2)27-25(23(3)4)24(5)6/h9,23-25H,2,8,10-22H2,1,3-7H3. The van der Waals surface area contributed by atoms with Crippen molar-refractivity contribution in [3.8, 4) is 0 Å². The fraction of sp³-hybridized carbons (Fsp3) is 0.920. The molecule has 3 heteroatoms. The summed E-state index contributed by atoms with van der Waals surface area (Å²) in [5.41, 5.74) is 1.95. The minimum absolute atomic E-state index is 0.251. The maximum atomic E-state index is 6.42. The third-order valence-corrected chi connectivity index (χ3v) is 7.95. The third kappa shape index (κ3) is 14.8. The Kier molecular flexibility index (Phi) is 17.6. The van der Waals surface area contributed by atoms with Gasteiger partial charge in [0.2, 0.25) is 0 Å². The second kappa shape index (κ2) is 17.7. The average molecular weight is 413 g/mol. The molecule has 0 radical (unpaired) electrons. The Balaban J connectivity index is 3.68. The van der Waals surface area contributed by atoms with E-state index in [0.717, 1.165) is 13.0 Å². The summed E-state index contributed by atoms with van der Waals surface area (Å²) < 4.78 is 12.6. The highest BCUT2D eigenvalue weighted by Crippen LogP contribution is 2.23. The lowest BCUT2D eigenvalue weighted by molar-refractivity contribution is 0.0588. The van der Waals surface area contributed by atoms with Crippen molar-refractivity contribution in [1.82, 2.24) is 0 Å². The van der Waals surface area contributed by atoms with E-state index in [1.165, 1.54) is 77.0 Å². The lowest BCUT2D eigenvalue weighted by Crippen LogP contribution is -2.44. The number of unbranched alkanes of at least 4 members (excludes halogenated alkanes) is 12. The van der Waals surface area contributed by atoms with Crippen LogP contribution < -0.4 is 0 Å². The fourth-order valence-corrected chi connectivity index (χ4v) is 5.76. The molecule has 2 nitrogen and oxygen atoms in total. The molecule has 0 fully saturated rings. The quantitative estimate of drug-likeness (QED) is 0.147. The number of hydrogen-bond acceptors (Lipinski definition) is 2. The Morgan fingerprint density at radius 2 is 1.11 bits per heavy atom. The fourth-order valence-electron chi connectivity index (χ4n) is 3.85. The molecule has 0 heterocycles. The molecule has 0 N–H and O–H groups in total. The van der Waals surface area contributed by atoms with Crippen LogP contribution in [0.1, 0.15) is 118 Å². The first-order valence-corrected chi connectivity index (χ1v) is 14.7. The Bertz CT molecular complexity index is 348. The van der Waals surface area contributed by atoms with Gasteiger partial charge >= 0.3 is 8.56 Å². The molecular weight excluding hydrogens is 360 g/mol. The van der Waals surface area contributed by atoms with E-state index < -0.39 is 8.56 Å². The molecule has 0 aromatic carbocycles. The zero-order valence-electron chi connectivity index (χ0n) is 20.2. The van der Waals surface area contributed by atoms with E-state index >= 15 is 0 Å². The van der Waals surface area contributed by atoms with Gasteiger partial charge in [0.05, 0.1) is 6.10 Å². The minimum atomic E-state index is -2.25. The van der Waals surface area contributed by atoms with Crippen molar-refractivity contribution in [1.29, 1.82) is 0 Å². The molecule has 0 saturated heterocycles. The number of rotatable bonds is 20. The first-order chi connectivity index (χ1) is 13.4. The van der Waals surface area contributed by atoms with Gasteiger partial charge in [0.15, 0.2) is 0 Å². The second-order valence-corrected chi connectivity index (χ2v) is 12.3. The van der Waals surface area contributed by atoms with Gasteiger partial charge in [0, 0.05) is 6.61 Å². The van der Waals surface area contributed by atoms with Gasteiger partial charge in [0.25, 0.3) is 0 Å². The lowest BCUT2D eigenvalue weighted by atomic mass is 9.97. The highest BCUT2D eigenvalue weighted by Gasteiger charge is 2.33. The average Bonchev–Trinajstić information content (AvgIpc) is 2.66. The van der Waals surface area contributed by atoms with Crippen molar-refractivity contribution < 1.29 is 8.85 Å². The zero-order valence-corrected chi connectivity index (χ0v) is 21.2. The SMILES string of the molecule is C=C[Si](C)(OCCCCCCCCCCCCCCC)OC(C(C)C)C(C)C. The predicted octanol–water partition coefficient (Wildman–Crippen LogP) is 8.59. The molecule has 0 aliphatic rings. The summed E-state index contributed by atoms with van der Waals surface area (Å²) >= 11 is 0. The number of hydrogen-bond donors (Lipinski definition) is 0. The van der Waals surface area contributed by atoms with E-state index in [4.69, 9.17) is 8.85 Å². The van der Waals surface area contributed by atoms with Crippen molar-refractivity contribution in [3.05, 3.63) is 12.3 Å². The predicted molar refractivity (Wildman–Crippen MR) is 128 cm³/mol. The van der Waals surface area contributed by atoms with Crippen molar-refractivity contribution in [2.75, 3.05) is 6.61 Å². The van der Waals surface area contributed by atoms with Crippen LogP contribution >= 0.6 is 0 Å². The summed E-state index contributed by atoms with van der Waals surface area (Å²) in [4.78, 5) is 0. The summed E-state index contributed by atoms with van der Waals surface area (Å²) in [6.45, 7) is 18.2. The lowest BCUT2D eigenvalue weighted by Gasteiger charge is -2.33. The van der Waals surface area contributed by atoms with Crippen LogP contribution in [0.3, 0.4) is 0 Å². The van der Waals surface area contributed by atoms with Gasteiger partial charge in [-0.1, -0.05) is 112 Å². The molecule has 1 atom stereocenters.